The van der Waals surface area contributed by atoms with Gasteiger partial charge in [-0.25, -0.2) is 4.39 Å². The number of amides is 1. The second kappa shape index (κ2) is 7.88. The summed E-state index contributed by atoms with van der Waals surface area (Å²) in [5.74, 6) is 1.81. The summed E-state index contributed by atoms with van der Waals surface area (Å²) in [6.07, 6.45) is 3.63. The number of hydrogen-bond donors (Lipinski definition) is 0. The fourth-order valence-electron chi connectivity index (χ4n) is 3.60. The van der Waals surface area contributed by atoms with Crippen molar-refractivity contribution in [3.8, 4) is 0 Å². The van der Waals surface area contributed by atoms with Crippen molar-refractivity contribution in [1.29, 1.82) is 0 Å². The van der Waals surface area contributed by atoms with Crippen LogP contribution in [0.15, 0.2) is 29.4 Å². The first-order valence-electron chi connectivity index (χ1n) is 9.43. The molecule has 0 N–H and O–H groups in total. The second-order valence-corrected chi connectivity index (χ2v) is 8.08. The lowest BCUT2D eigenvalue weighted by molar-refractivity contribution is -0.128. The van der Waals surface area contributed by atoms with Gasteiger partial charge in [0.1, 0.15) is 11.6 Å². The van der Waals surface area contributed by atoms with E-state index in [0.717, 1.165) is 11.0 Å². The van der Waals surface area contributed by atoms with E-state index in [2.05, 4.69) is 10.2 Å². The van der Waals surface area contributed by atoms with E-state index in [1.807, 2.05) is 27.5 Å². The molecule has 4 rings (SSSR count). The van der Waals surface area contributed by atoms with Crippen LogP contribution in [0.4, 0.5) is 10.1 Å². The Bertz CT molecular complexity index is 814. The van der Waals surface area contributed by atoms with Crippen molar-refractivity contribution in [2.75, 3.05) is 36.8 Å². The van der Waals surface area contributed by atoms with E-state index in [9.17, 15) is 9.18 Å². The zero-order chi connectivity index (χ0) is 18.8. The molecule has 1 aliphatic heterocycles. The lowest BCUT2D eigenvalue weighted by atomic mass is 9.85. The molecular weight excluding hydrogens is 365 g/mol. The van der Waals surface area contributed by atoms with E-state index in [1.165, 1.54) is 37.1 Å². The highest BCUT2D eigenvalue weighted by Crippen LogP contribution is 2.36. The third kappa shape index (κ3) is 3.81. The maximum atomic E-state index is 13.9. The van der Waals surface area contributed by atoms with Gasteiger partial charge in [0.15, 0.2) is 5.16 Å². The molecule has 0 spiro atoms. The Hall–Kier alpha value is -2.09. The van der Waals surface area contributed by atoms with Gasteiger partial charge in [-0.1, -0.05) is 30.3 Å². The number of aromatic nitrogens is 3. The number of benzene rings is 1. The van der Waals surface area contributed by atoms with Crippen molar-refractivity contribution in [3.05, 3.63) is 35.9 Å². The highest BCUT2D eigenvalue weighted by atomic mass is 32.2. The molecular formula is C19H24FN5OS. The third-order valence-corrected chi connectivity index (χ3v) is 6.49. The van der Waals surface area contributed by atoms with E-state index in [0.29, 0.717) is 43.5 Å². The molecule has 0 radical (unpaired) electrons. The monoisotopic (exact) mass is 389 g/mol. The van der Waals surface area contributed by atoms with Crippen LogP contribution in [0.1, 0.15) is 31.0 Å². The van der Waals surface area contributed by atoms with Crippen LogP contribution in [0.3, 0.4) is 0 Å². The highest BCUT2D eigenvalue weighted by molar-refractivity contribution is 7.99. The van der Waals surface area contributed by atoms with Crippen LogP contribution in [0.25, 0.3) is 0 Å². The lowest BCUT2D eigenvalue weighted by Crippen LogP contribution is -2.49. The molecule has 1 aromatic heterocycles. The number of thioether (sulfide) groups is 1. The van der Waals surface area contributed by atoms with Gasteiger partial charge in [-0.05, 0) is 25.0 Å². The van der Waals surface area contributed by atoms with Crippen LogP contribution in [0.5, 0.6) is 0 Å². The van der Waals surface area contributed by atoms with Gasteiger partial charge in [-0.2, -0.15) is 0 Å². The Morgan fingerprint density at radius 3 is 2.59 bits per heavy atom. The van der Waals surface area contributed by atoms with Crippen LogP contribution >= 0.6 is 11.8 Å². The predicted octanol–water partition coefficient (Wildman–Crippen LogP) is 2.66. The molecule has 144 valence electrons. The van der Waals surface area contributed by atoms with Crippen molar-refractivity contribution in [3.63, 3.8) is 0 Å². The highest BCUT2D eigenvalue weighted by Gasteiger charge is 2.26. The summed E-state index contributed by atoms with van der Waals surface area (Å²) in [7, 11) is 1.98. The van der Waals surface area contributed by atoms with Crippen molar-refractivity contribution < 1.29 is 9.18 Å². The summed E-state index contributed by atoms with van der Waals surface area (Å²) in [5, 5.41) is 9.36. The van der Waals surface area contributed by atoms with Gasteiger partial charge < -0.3 is 14.4 Å². The topological polar surface area (TPSA) is 54.3 Å². The summed E-state index contributed by atoms with van der Waals surface area (Å²) in [6, 6.07) is 6.79. The number of nitrogens with zero attached hydrogens (tertiary/aromatic N) is 5. The van der Waals surface area contributed by atoms with Crippen molar-refractivity contribution >= 4 is 23.4 Å². The first kappa shape index (κ1) is 18.3. The van der Waals surface area contributed by atoms with Crippen LogP contribution in [-0.2, 0) is 11.8 Å². The van der Waals surface area contributed by atoms with Gasteiger partial charge in [0.05, 0.1) is 11.4 Å². The standard InChI is InChI=1S/C19H24FN5OS/c1-23-18(14-5-4-6-14)21-22-19(23)27-13-17(26)25-11-9-24(10-12-25)16-8-3-2-7-15(16)20/h2-3,7-8,14H,4-6,9-13H2,1H3. The number of anilines is 1. The Kier molecular flexibility index (Phi) is 5.33. The summed E-state index contributed by atoms with van der Waals surface area (Å²) < 4.78 is 15.9. The van der Waals surface area contributed by atoms with E-state index in [4.69, 9.17) is 0 Å². The average molecular weight is 390 g/mol. The molecule has 1 saturated carbocycles. The molecule has 8 heteroatoms. The minimum absolute atomic E-state index is 0.0985. The SMILES string of the molecule is Cn1c(SCC(=O)N2CCN(c3ccccc3F)CC2)nnc1C1CCC1. The fourth-order valence-corrected chi connectivity index (χ4v) is 4.42. The zero-order valence-electron chi connectivity index (χ0n) is 15.5. The van der Waals surface area contributed by atoms with Crippen LogP contribution < -0.4 is 4.90 Å². The minimum atomic E-state index is -0.211. The van der Waals surface area contributed by atoms with Gasteiger partial charge in [-0.3, -0.25) is 4.79 Å². The molecule has 0 atom stereocenters. The van der Waals surface area contributed by atoms with Crippen LogP contribution in [0.2, 0.25) is 0 Å². The maximum Gasteiger partial charge on any atom is 0.233 e. The number of hydrogen-bond acceptors (Lipinski definition) is 5. The van der Waals surface area contributed by atoms with Crippen molar-refractivity contribution in [2.45, 2.75) is 30.3 Å². The molecule has 1 saturated heterocycles. The minimum Gasteiger partial charge on any atom is -0.366 e. The van der Waals surface area contributed by atoms with Gasteiger partial charge >= 0.3 is 0 Å². The van der Waals surface area contributed by atoms with Gasteiger partial charge in [0, 0.05) is 39.1 Å². The fraction of sp³-hybridized carbons (Fsp3) is 0.526. The summed E-state index contributed by atoms with van der Waals surface area (Å²) in [6.45, 7) is 2.51. The molecule has 2 aliphatic rings. The Labute approximate surface area is 162 Å². The van der Waals surface area contributed by atoms with E-state index in [1.54, 1.807) is 12.1 Å². The first-order chi connectivity index (χ1) is 13.1. The molecule has 2 heterocycles. The lowest BCUT2D eigenvalue weighted by Gasteiger charge is -2.36. The zero-order valence-corrected chi connectivity index (χ0v) is 16.3. The maximum absolute atomic E-state index is 13.9. The van der Waals surface area contributed by atoms with Crippen LogP contribution in [0, 0.1) is 5.82 Å². The number of halogens is 1. The van der Waals surface area contributed by atoms with E-state index >= 15 is 0 Å². The molecule has 0 unspecified atom stereocenters. The number of carbonyl (C=O) groups excluding carboxylic acids is 1. The molecule has 2 aromatic rings. The largest absolute Gasteiger partial charge is 0.366 e. The van der Waals surface area contributed by atoms with Crippen LogP contribution in [-0.4, -0.2) is 57.5 Å². The Morgan fingerprint density at radius 2 is 1.93 bits per heavy atom. The average Bonchev–Trinajstić information content (AvgIpc) is 2.99. The molecule has 27 heavy (non-hydrogen) atoms. The predicted molar refractivity (Wildman–Crippen MR) is 104 cm³/mol. The van der Waals surface area contributed by atoms with E-state index in [-0.39, 0.29) is 11.7 Å². The summed E-state index contributed by atoms with van der Waals surface area (Å²) in [4.78, 5) is 16.4. The van der Waals surface area contributed by atoms with Crippen molar-refractivity contribution in [2.24, 2.45) is 7.05 Å². The van der Waals surface area contributed by atoms with Gasteiger partial charge in [0.2, 0.25) is 5.91 Å². The number of rotatable bonds is 5. The van der Waals surface area contributed by atoms with Gasteiger partial charge in [0.25, 0.3) is 0 Å². The normalized spacial score (nSPS) is 17.9. The van der Waals surface area contributed by atoms with E-state index < -0.39 is 0 Å². The van der Waals surface area contributed by atoms with Gasteiger partial charge in [-0.15, -0.1) is 10.2 Å². The quantitative estimate of drug-likeness (QED) is 0.736. The smallest absolute Gasteiger partial charge is 0.233 e. The number of piperazine rings is 1. The summed E-state index contributed by atoms with van der Waals surface area (Å²) >= 11 is 1.45. The number of para-hydroxylation sites is 1. The molecule has 1 aromatic carbocycles. The first-order valence-corrected chi connectivity index (χ1v) is 10.4. The third-order valence-electron chi connectivity index (χ3n) is 5.49. The molecule has 1 amide bonds. The molecule has 6 nitrogen and oxygen atoms in total. The second-order valence-electron chi connectivity index (χ2n) is 7.14. The number of carbonyl (C=O) groups is 1. The molecule has 1 aliphatic carbocycles. The Balaban J connectivity index is 1.29. The van der Waals surface area contributed by atoms with Crippen molar-refractivity contribution in [1.82, 2.24) is 19.7 Å². The molecule has 0 bridgehead atoms. The Morgan fingerprint density at radius 1 is 1.19 bits per heavy atom. The summed E-state index contributed by atoms with van der Waals surface area (Å²) in [5.41, 5.74) is 0.613. The molecule has 2 fully saturated rings.